The Morgan fingerprint density at radius 3 is 2.00 bits per heavy atom. The van der Waals surface area contributed by atoms with E-state index in [2.05, 4.69) is 46.2 Å². The number of carbonyl (C=O) groups excluding carboxylic acids is 1. The molecule has 1 heterocycles. The number of nitrogens with zero attached hydrogens (tertiary/aromatic N) is 1. The second-order valence-electron chi connectivity index (χ2n) is 6.87. The van der Waals surface area contributed by atoms with E-state index in [9.17, 15) is 4.79 Å². The standard InChI is InChI=1S/C15H27NO/c1-11(2)13(17)8-12-9-14(3,4)16(7)15(5,6)10-12/h12H,1,8-10H2,2-7H3. The van der Waals surface area contributed by atoms with E-state index in [1.165, 1.54) is 0 Å². The molecule has 1 aliphatic heterocycles. The number of allylic oxidation sites excluding steroid dienone is 1. The van der Waals surface area contributed by atoms with Crippen molar-refractivity contribution in [1.29, 1.82) is 0 Å². The summed E-state index contributed by atoms with van der Waals surface area (Å²) >= 11 is 0. The maximum atomic E-state index is 11.8. The van der Waals surface area contributed by atoms with Crippen LogP contribution in [0.4, 0.5) is 0 Å². The Morgan fingerprint density at radius 1 is 1.24 bits per heavy atom. The van der Waals surface area contributed by atoms with Crippen molar-refractivity contribution in [3.05, 3.63) is 12.2 Å². The fourth-order valence-corrected chi connectivity index (χ4v) is 3.16. The number of rotatable bonds is 3. The largest absolute Gasteiger partial charge is 0.296 e. The maximum absolute atomic E-state index is 11.8. The Labute approximate surface area is 106 Å². The topological polar surface area (TPSA) is 20.3 Å². The van der Waals surface area contributed by atoms with Gasteiger partial charge < -0.3 is 0 Å². The molecule has 0 spiro atoms. The number of Topliss-reactive ketones (excluding diaryl/α,β-unsaturated/α-hetero) is 1. The lowest BCUT2D eigenvalue weighted by molar-refractivity contribution is -0.118. The summed E-state index contributed by atoms with van der Waals surface area (Å²) in [6.45, 7) is 14.6. The van der Waals surface area contributed by atoms with Crippen LogP contribution in [0.5, 0.6) is 0 Å². The predicted octanol–water partition coefficient (Wildman–Crippen LogP) is 3.42. The molecule has 0 N–H and O–H groups in total. The van der Waals surface area contributed by atoms with Gasteiger partial charge in [-0.05, 0) is 66.0 Å². The van der Waals surface area contributed by atoms with Gasteiger partial charge in [-0.15, -0.1) is 0 Å². The van der Waals surface area contributed by atoms with E-state index in [-0.39, 0.29) is 16.9 Å². The first-order chi connectivity index (χ1) is 7.56. The summed E-state index contributed by atoms with van der Waals surface area (Å²) in [5, 5.41) is 0. The lowest BCUT2D eigenvalue weighted by Crippen LogP contribution is -2.58. The van der Waals surface area contributed by atoms with Crippen molar-refractivity contribution in [2.24, 2.45) is 5.92 Å². The van der Waals surface area contributed by atoms with Gasteiger partial charge in [0.05, 0.1) is 0 Å². The summed E-state index contributed by atoms with van der Waals surface area (Å²) in [7, 11) is 2.19. The van der Waals surface area contributed by atoms with Crippen molar-refractivity contribution in [3.63, 3.8) is 0 Å². The SMILES string of the molecule is C=C(C)C(=O)CC1CC(C)(C)N(C)C(C)(C)C1. The molecule has 17 heavy (non-hydrogen) atoms. The van der Waals surface area contributed by atoms with Crippen molar-refractivity contribution in [2.45, 2.75) is 65.0 Å². The van der Waals surface area contributed by atoms with E-state index in [1.807, 2.05) is 6.92 Å². The highest BCUT2D eigenvalue weighted by atomic mass is 16.1. The molecule has 2 nitrogen and oxygen atoms in total. The third-order valence-corrected chi connectivity index (χ3v) is 4.34. The molecule has 0 bridgehead atoms. The number of hydrogen-bond acceptors (Lipinski definition) is 2. The number of carbonyl (C=O) groups is 1. The van der Waals surface area contributed by atoms with Crippen LogP contribution in [0.1, 0.15) is 53.9 Å². The van der Waals surface area contributed by atoms with Gasteiger partial charge in [0, 0.05) is 17.5 Å². The van der Waals surface area contributed by atoms with Crippen molar-refractivity contribution in [1.82, 2.24) is 4.90 Å². The minimum Gasteiger partial charge on any atom is -0.296 e. The fraction of sp³-hybridized carbons (Fsp3) is 0.800. The maximum Gasteiger partial charge on any atom is 0.158 e. The zero-order valence-corrected chi connectivity index (χ0v) is 12.3. The Hall–Kier alpha value is -0.630. The Bertz CT molecular complexity index is 310. The molecule has 0 unspecified atom stereocenters. The normalized spacial score (nSPS) is 24.6. The highest BCUT2D eigenvalue weighted by Gasteiger charge is 2.43. The molecule has 0 aromatic heterocycles. The third-order valence-electron chi connectivity index (χ3n) is 4.34. The number of likely N-dealkylation sites (tertiary alicyclic amines) is 1. The van der Waals surface area contributed by atoms with Crippen LogP contribution in [0.15, 0.2) is 12.2 Å². The highest BCUT2D eigenvalue weighted by Crippen LogP contribution is 2.41. The average Bonchev–Trinajstić information content (AvgIpc) is 2.12. The number of piperidine rings is 1. The second kappa shape index (κ2) is 4.56. The van der Waals surface area contributed by atoms with E-state index < -0.39 is 0 Å². The van der Waals surface area contributed by atoms with Crippen molar-refractivity contribution in [2.75, 3.05) is 7.05 Å². The van der Waals surface area contributed by atoms with Crippen molar-refractivity contribution < 1.29 is 4.79 Å². The summed E-state index contributed by atoms with van der Waals surface area (Å²) in [4.78, 5) is 14.2. The predicted molar refractivity (Wildman–Crippen MR) is 73.1 cm³/mol. The van der Waals surface area contributed by atoms with Gasteiger partial charge in [0.25, 0.3) is 0 Å². The van der Waals surface area contributed by atoms with E-state index in [4.69, 9.17) is 0 Å². The zero-order chi connectivity index (χ0) is 13.4. The van der Waals surface area contributed by atoms with Crippen molar-refractivity contribution in [3.8, 4) is 0 Å². The molecule has 0 atom stereocenters. The highest BCUT2D eigenvalue weighted by molar-refractivity contribution is 5.94. The van der Waals surface area contributed by atoms with Gasteiger partial charge in [-0.3, -0.25) is 9.69 Å². The molecule has 0 aliphatic carbocycles. The molecule has 1 rings (SSSR count). The van der Waals surface area contributed by atoms with Crippen LogP contribution < -0.4 is 0 Å². The van der Waals surface area contributed by atoms with E-state index in [1.54, 1.807) is 0 Å². The van der Waals surface area contributed by atoms with Crippen molar-refractivity contribution >= 4 is 5.78 Å². The summed E-state index contributed by atoms with van der Waals surface area (Å²) in [6.07, 6.45) is 2.84. The molecule has 1 aliphatic rings. The average molecular weight is 237 g/mol. The van der Waals surface area contributed by atoms with Gasteiger partial charge in [0.1, 0.15) is 0 Å². The summed E-state index contributed by atoms with van der Waals surface area (Å²) in [6, 6.07) is 0. The van der Waals surface area contributed by atoms with Gasteiger partial charge in [0.15, 0.2) is 5.78 Å². The quantitative estimate of drug-likeness (QED) is 0.701. The first kappa shape index (κ1) is 14.4. The fourth-order valence-electron chi connectivity index (χ4n) is 3.16. The second-order valence-corrected chi connectivity index (χ2v) is 6.87. The molecule has 0 aromatic carbocycles. The first-order valence-electron chi connectivity index (χ1n) is 6.49. The molecular formula is C15H27NO. The monoisotopic (exact) mass is 237 g/mol. The number of hydrogen-bond donors (Lipinski definition) is 0. The van der Waals surface area contributed by atoms with Crippen LogP contribution in [-0.4, -0.2) is 28.8 Å². The van der Waals surface area contributed by atoms with Crippen LogP contribution in [0.25, 0.3) is 0 Å². The minimum atomic E-state index is 0.168. The van der Waals surface area contributed by atoms with Gasteiger partial charge >= 0.3 is 0 Å². The van der Waals surface area contributed by atoms with Crippen LogP contribution in [-0.2, 0) is 4.79 Å². The molecule has 2 heteroatoms. The summed E-state index contributed by atoms with van der Waals surface area (Å²) in [5.41, 5.74) is 1.03. The van der Waals surface area contributed by atoms with Gasteiger partial charge in [0.2, 0.25) is 0 Å². The third kappa shape index (κ3) is 3.19. The molecule has 1 fully saturated rings. The lowest BCUT2D eigenvalue weighted by atomic mass is 9.72. The molecule has 0 radical (unpaired) electrons. The van der Waals surface area contributed by atoms with Crippen LogP contribution in [0, 0.1) is 5.92 Å². The lowest BCUT2D eigenvalue weighted by Gasteiger charge is -2.53. The molecule has 0 amide bonds. The molecule has 0 saturated carbocycles. The molecular weight excluding hydrogens is 210 g/mol. The van der Waals surface area contributed by atoms with Crippen LogP contribution in [0.3, 0.4) is 0 Å². The van der Waals surface area contributed by atoms with Gasteiger partial charge in [-0.2, -0.15) is 0 Å². The Balaban J connectivity index is 2.78. The van der Waals surface area contributed by atoms with Crippen LogP contribution in [0.2, 0.25) is 0 Å². The van der Waals surface area contributed by atoms with Gasteiger partial charge in [-0.25, -0.2) is 0 Å². The van der Waals surface area contributed by atoms with E-state index in [0.29, 0.717) is 17.9 Å². The number of ketones is 1. The van der Waals surface area contributed by atoms with Gasteiger partial charge in [-0.1, -0.05) is 6.58 Å². The summed E-state index contributed by atoms with van der Waals surface area (Å²) in [5.74, 6) is 0.714. The smallest absolute Gasteiger partial charge is 0.158 e. The Morgan fingerprint density at radius 2 is 1.65 bits per heavy atom. The van der Waals surface area contributed by atoms with Crippen LogP contribution >= 0.6 is 0 Å². The van der Waals surface area contributed by atoms with E-state index in [0.717, 1.165) is 12.8 Å². The minimum absolute atomic E-state index is 0.168. The van der Waals surface area contributed by atoms with E-state index >= 15 is 0 Å². The first-order valence-corrected chi connectivity index (χ1v) is 6.49. The Kier molecular flexibility index (Phi) is 3.87. The molecule has 98 valence electrons. The molecule has 0 aromatic rings. The molecule has 1 saturated heterocycles. The summed E-state index contributed by atoms with van der Waals surface area (Å²) < 4.78 is 0. The zero-order valence-electron chi connectivity index (χ0n) is 12.3.